The minimum Gasteiger partial charge on any atom is -0.394 e. The van der Waals surface area contributed by atoms with Gasteiger partial charge < -0.3 is 269 Å². The lowest BCUT2D eigenvalue weighted by molar-refractivity contribution is -0.400. The molecule has 0 bridgehead atoms. The van der Waals surface area contributed by atoms with Crippen molar-refractivity contribution in [3.05, 3.63) is 0 Å². The van der Waals surface area contributed by atoms with Crippen molar-refractivity contribution in [2.75, 3.05) is 59.5 Å². The monoisotopic (exact) mass is 1930 g/mol. The molecule has 11 fully saturated rings. The fourth-order valence-corrected chi connectivity index (χ4v) is 17.2. The second-order valence-corrected chi connectivity index (χ2v) is 33.8. The molecule has 132 heavy (non-hydrogen) atoms. The molecule has 0 aromatic carbocycles. The molecule has 11 aliphatic heterocycles. The number of ether oxygens (including phenoxy) is 21. The van der Waals surface area contributed by atoms with Crippen LogP contribution in [0.3, 0.4) is 0 Å². The molecule has 0 saturated carbocycles. The third-order valence-corrected chi connectivity index (χ3v) is 24.5. The summed E-state index contributed by atoms with van der Waals surface area (Å²) in [6.45, 7) is -4.07. The van der Waals surface area contributed by atoms with Gasteiger partial charge >= 0.3 is 0 Å². The van der Waals surface area contributed by atoms with Gasteiger partial charge in [-0.2, -0.15) is 0 Å². The molecule has 11 saturated heterocycles. The number of aliphatic hydroxyl groups excluding tert-OH is 29. The van der Waals surface area contributed by atoms with Crippen LogP contribution < -0.4 is 21.3 Å². The molecule has 11 aliphatic rings. The molecule has 0 aliphatic carbocycles. The molecule has 0 aromatic heterocycles. The van der Waals surface area contributed by atoms with Gasteiger partial charge in [-0.3, -0.25) is 19.2 Å². The van der Waals surface area contributed by atoms with E-state index in [-0.39, 0.29) is 0 Å². The van der Waals surface area contributed by atoms with Crippen LogP contribution in [0.25, 0.3) is 0 Å². The molecule has 0 unspecified atom stereocenters. The smallest absolute Gasteiger partial charge is 0.217 e. The predicted octanol–water partition coefficient (Wildman–Crippen LogP) is -22.3. The summed E-state index contributed by atoms with van der Waals surface area (Å²) in [7, 11) is 0. The second kappa shape index (κ2) is 47.0. The van der Waals surface area contributed by atoms with E-state index in [1.54, 1.807) is 0 Å². The zero-order valence-electron chi connectivity index (χ0n) is 71.3. The van der Waals surface area contributed by atoms with Gasteiger partial charge in [0.25, 0.3) is 0 Å². The minimum atomic E-state index is -2.67. The van der Waals surface area contributed by atoms with E-state index < -0.39 is 421 Å². The van der Waals surface area contributed by atoms with E-state index in [0.717, 1.165) is 27.7 Å². The first kappa shape index (κ1) is 108. The van der Waals surface area contributed by atoms with E-state index >= 15 is 0 Å². The van der Waals surface area contributed by atoms with Gasteiger partial charge in [0, 0.05) is 27.7 Å². The zero-order valence-corrected chi connectivity index (χ0v) is 71.3. The number of carbonyl (C=O) groups excluding carboxylic acids is 4. The highest BCUT2D eigenvalue weighted by Gasteiger charge is 2.63. The van der Waals surface area contributed by atoms with Crippen molar-refractivity contribution in [1.82, 2.24) is 21.3 Å². The summed E-state index contributed by atoms with van der Waals surface area (Å²) in [5, 5.41) is 335. The van der Waals surface area contributed by atoms with Gasteiger partial charge in [-0.1, -0.05) is 0 Å². The van der Waals surface area contributed by atoms with Crippen LogP contribution in [0.1, 0.15) is 41.5 Å². The third-order valence-electron chi connectivity index (χ3n) is 24.5. The maximum Gasteiger partial charge on any atom is 0.217 e. The molecular weight excluding hydrogens is 1810 g/mol. The summed E-state index contributed by atoms with van der Waals surface area (Å²) in [4.78, 5) is 52.5. The van der Waals surface area contributed by atoms with Crippen LogP contribution in [0.5, 0.6) is 0 Å². The van der Waals surface area contributed by atoms with Crippen molar-refractivity contribution >= 4 is 23.6 Å². The molecule has 58 nitrogen and oxygen atoms in total. The van der Waals surface area contributed by atoms with Crippen LogP contribution in [0.15, 0.2) is 0 Å². The Labute approximate surface area is 748 Å². The van der Waals surface area contributed by atoms with Gasteiger partial charge in [0.1, 0.15) is 256 Å². The first-order valence-electron chi connectivity index (χ1n) is 42.4. The number of amides is 4. The quantitative estimate of drug-likeness (QED) is 0.0290. The summed E-state index contributed by atoms with van der Waals surface area (Å²) in [6.07, 6.45) is -107. The first-order valence-corrected chi connectivity index (χ1v) is 42.4. The number of hydrogen-bond donors (Lipinski definition) is 33. The number of carbonyl (C=O) groups is 4. The summed E-state index contributed by atoms with van der Waals surface area (Å²) < 4.78 is 126. The van der Waals surface area contributed by atoms with Crippen LogP contribution in [0.4, 0.5) is 0 Å². The minimum absolute atomic E-state index is 0.860. The van der Waals surface area contributed by atoms with Gasteiger partial charge in [-0.25, -0.2) is 0 Å². The van der Waals surface area contributed by atoms with Crippen LogP contribution in [0.2, 0.25) is 0 Å². The number of hydrogen-bond acceptors (Lipinski definition) is 54. The summed E-state index contributed by atoms with van der Waals surface area (Å²) >= 11 is 0. The Morgan fingerprint density at radius 3 is 0.924 bits per heavy atom. The topological polar surface area (TPSA) is 897 Å². The Balaban J connectivity index is 0.947. The highest BCUT2D eigenvalue weighted by Crippen LogP contribution is 2.42. The van der Waals surface area contributed by atoms with Crippen molar-refractivity contribution in [3.63, 3.8) is 0 Å². The molecule has 11 rings (SSSR count). The Hall–Kier alpha value is -4.12. The highest BCUT2D eigenvalue weighted by atomic mass is 16.8. The SMILES string of the molecule is CC(=O)N[C@@H]1[C@@H](O)[C@H](O[C@@H]2O[C@H](CO)[C@@H](O[C@@H]3O[C@H](CO[C@H]4O[C@H](CO)[C@@H](O)[C@H](O)[C@@H]4O[C@@H]4O[C@H](CO)[C@@H](O[C@@H]5O[C@H](CO)[C@H](O)[C@H](O)[C@H]5O)[C@H](O[C@@H]5O[C@@H](C)[C@@H](O)[C@@H](O)[C@@H]5O)[C@H]4NC(C)=O)[C@@H](O)[C@H](O[C@H]4O[C@H](CO)[C@@H](O)[C@H](O)[C@@H]4O[C@@H]4O[C@H](CO)[C@@H](O[C@@H]5O[C@H](CO)[C@H](O)[C@H](O)[C@H]5O)[C@H](O)[C@H]4NC(C)=O)[C@@H]3O)[C@H](O)[C@H]2NC(C)=O)[C@@H](CO[C@@H]2O[C@@H](C)[C@@H](O)[C@@H](O)[C@@H]2O)O[C@@H]1O. The van der Waals surface area contributed by atoms with Crippen molar-refractivity contribution < 1.29 is 267 Å². The average Bonchev–Trinajstić information content (AvgIpc) is 0.749. The van der Waals surface area contributed by atoms with Crippen LogP contribution >= 0.6 is 0 Å². The lowest BCUT2D eigenvalue weighted by Gasteiger charge is -2.51. The Morgan fingerprint density at radius 2 is 0.485 bits per heavy atom. The fraction of sp³-hybridized carbons (Fsp3) is 0.946. The van der Waals surface area contributed by atoms with E-state index in [1.807, 2.05) is 0 Å². The maximum atomic E-state index is 13.5. The van der Waals surface area contributed by atoms with Crippen molar-refractivity contribution in [1.29, 1.82) is 0 Å². The van der Waals surface area contributed by atoms with E-state index in [2.05, 4.69) is 21.3 Å². The van der Waals surface area contributed by atoms with Gasteiger partial charge in [0.15, 0.2) is 69.2 Å². The average molecular weight is 1930 g/mol. The fourth-order valence-electron chi connectivity index (χ4n) is 17.2. The Bertz CT molecular complexity index is 3610. The van der Waals surface area contributed by atoms with E-state index in [0.29, 0.717) is 0 Å². The van der Waals surface area contributed by atoms with Crippen LogP contribution in [-0.2, 0) is 119 Å². The summed E-state index contributed by atoms with van der Waals surface area (Å²) in [6, 6.07) is -7.89. The summed E-state index contributed by atoms with van der Waals surface area (Å²) in [5.74, 6) is -3.89. The van der Waals surface area contributed by atoms with Crippen LogP contribution in [0, 0.1) is 0 Å². The number of aliphatic hydroxyl groups is 29. The molecule has 11 heterocycles. The predicted molar refractivity (Wildman–Crippen MR) is 406 cm³/mol. The van der Waals surface area contributed by atoms with E-state index in [1.165, 1.54) is 13.8 Å². The van der Waals surface area contributed by atoms with E-state index in [9.17, 15) is 167 Å². The van der Waals surface area contributed by atoms with Crippen molar-refractivity contribution in [3.8, 4) is 0 Å². The molecule has 33 N–H and O–H groups in total. The van der Waals surface area contributed by atoms with Gasteiger partial charge in [-0.15, -0.1) is 0 Å². The number of rotatable bonds is 33. The molecule has 0 aromatic rings. The van der Waals surface area contributed by atoms with E-state index in [4.69, 9.17) is 99.5 Å². The molecule has 0 spiro atoms. The second-order valence-electron chi connectivity index (χ2n) is 33.8. The Morgan fingerprint density at radius 1 is 0.212 bits per heavy atom. The lowest BCUT2D eigenvalue weighted by atomic mass is 9.93. The first-order chi connectivity index (χ1) is 62.4. The van der Waals surface area contributed by atoms with Crippen molar-refractivity contribution in [2.24, 2.45) is 0 Å². The largest absolute Gasteiger partial charge is 0.394 e. The van der Waals surface area contributed by atoms with Crippen LogP contribution in [-0.4, -0.2) is 569 Å². The molecular formula is C74H124N4O54. The molecule has 4 amide bonds. The zero-order chi connectivity index (χ0) is 97.1. The highest BCUT2D eigenvalue weighted by molar-refractivity contribution is 5.74. The van der Waals surface area contributed by atoms with Gasteiger partial charge in [-0.05, 0) is 13.8 Å². The number of nitrogens with one attached hydrogen (secondary N) is 4. The van der Waals surface area contributed by atoms with Gasteiger partial charge in [0.2, 0.25) is 23.6 Å². The molecule has 55 atom stereocenters. The molecule has 58 heteroatoms. The Kier molecular flexibility index (Phi) is 38.5. The third kappa shape index (κ3) is 23.7. The standard InChI is InChI=1S/C74H124N4O54/c1-16-35(90)45(100)51(106)68(114-16)112-15-30-58(42(97)31(64(111)116-30)75-18(3)86)125-65-32(76-19(4)87)43(98)57(27(12-84)121-65)127-72-55(110)61(130-74-63(50(105)40(95)25(10-82)120-74)132-66-33(77-20(5)88)44(99)56(26(11-83)122-66)126-70-53(108)47(102)37(92)22(7-79)117-70)41(96)29(124-72)14-113-73-62(49(104)39(94)24(9-81)119-73)131-67-34(78-21(6)89)60(129-69-52(107)46(101)36(91)17(2)115-69)59(28(13-85)123-67)128-71-54(109)48(103)38(93)23(8-80)118-71/h16-17,22-74,79-85,90-111H,7-15H2,1-6H3,(H,75,86)(H,76,87)(H,77,88)(H,78,89)/t16-,17-,22+,23+,24+,25+,26+,27+,28+,29+,30+,31+,32+,33+,34+,35+,36+,37-,38-,39+,40+,41+,42+,43+,44+,45+,46+,47-,48-,49-,50-,51-,52-,53+,54+,55-,56+,57+,58+,59+,60+,61-,62-,63-,64-,65-,66-,67-,68+,69-,70-,71-,72-,73-,74+/m0/s1. The van der Waals surface area contributed by atoms with Gasteiger partial charge in [0.05, 0.1) is 71.7 Å². The lowest BCUT2D eigenvalue weighted by Crippen LogP contribution is -2.71. The summed E-state index contributed by atoms with van der Waals surface area (Å²) in [5.41, 5.74) is 0. The molecule has 764 valence electrons. The normalized spacial score (nSPS) is 50.4. The maximum absolute atomic E-state index is 13.5. The van der Waals surface area contributed by atoms with Crippen molar-refractivity contribution in [2.45, 2.75) is 379 Å². The molecule has 0 radical (unpaired) electrons.